The molecule has 1 fully saturated rings. The lowest BCUT2D eigenvalue weighted by Crippen LogP contribution is -2.47. The average molecular weight is 390 g/mol. The lowest BCUT2D eigenvalue weighted by molar-refractivity contribution is -0.131. The van der Waals surface area contributed by atoms with Gasteiger partial charge in [0.2, 0.25) is 0 Å². The molecule has 1 amide bonds. The second kappa shape index (κ2) is 6.70. The van der Waals surface area contributed by atoms with Gasteiger partial charge in [-0.15, -0.1) is 0 Å². The van der Waals surface area contributed by atoms with Crippen LogP contribution in [0.15, 0.2) is 59.6 Å². The number of rotatable bonds is 2. The van der Waals surface area contributed by atoms with Gasteiger partial charge in [0, 0.05) is 19.0 Å². The fourth-order valence-corrected chi connectivity index (χ4v) is 4.78. The van der Waals surface area contributed by atoms with Gasteiger partial charge < -0.3 is 14.4 Å². The number of amidine groups is 1. The minimum absolute atomic E-state index is 0.0846. The molecule has 1 spiro atoms. The number of likely N-dealkylation sites (tertiary alicyclic amines) is 1. The molecule has 150 valence electrons. The normalized spacial score (nSPS) is 26.2. The number of hydrogen-bond donors (Lipinski definition) is 0. The van der Waals surface area contributed by atoms with Crippen molar-refractivity contribution in [3.63, 3.8) is 0 Å². The van der Waals surface area contributed by atoms with Gasteiger partial charge in [0.25, 0.3) is 11.9 Å². The molecule has 29 heavy (non-hydrogen) atoms. The van der Waals surface area contributed by atoms with Crippen LogP contribution in [0, 0.1) is 0 Å². The maximum Gasteiger partial charge on any atom is 0.296 e. The minimum atomic E-state index is -0.970. The van der Waals surface area contributed by atoms with Crippen molar-refractivity contribution in [1.82, 2.24) is 4.90 Å². The Labute approximate surface area is 171 Å². The monoisotopic (exact) mass is 390 g/mol. The third kappa shape index (κ3) is 2.87. The van der Waals surface area contributed by atoms with Gasteiger partial charge in [-0.2, -0.15) is 4.99 Å². The van der Waals surface area contributed by atoms with Crippen LogP contribution in [0.5, 0.6) is 0 Å². The van der Waals surface area contributed by atoms with Crippen molar-refractivity contribution in [3.8, 4) is 0 Å². The molecule has 1 saturated heterocycles. The molecule has 5 nitrogen and oxygen atoms in total. The second-order valence-electron chi connectivity index (χ2n) is 8.47. The predicted octanol–water partition coefficient (Wildman–Crippen LogP) is 3.98. The Balaban J connectivity index is 1.30. The van der Waals surface area contributed by atoms with Gasteiger partial charge in [0.15, 0.2) is 5.60 Å². The van der Waals surface area contributed by atoms with E-state index in [9.17, 15) is 4.79 Å². The van der Waals surface area contributed by atoms with E-state index in [1.165, 1.54) is 11.1 Å². The number of aliphatic imine (C=N–C) groups is 1. The van der Waals surface area contributed by atoms with Gasteiger partial charge in [0.1, 0.15) is 0 Å². The quantitative estimate of drug-likeness (QED) is 0.778. The molecule has 0 N–H and O–H groups in total. The van der Waals surface area contributed by atoms with Crippen LogP contribution in [0.2, 0.25) is 0 Å². The number of hydrogen-bond acceptors (Lipinski definition) is 4. The highest BCUT2D eigenvalue weighted by Crippen LogP contribution is 2.45. The van der Waals surface area contributed by atoms with E-state index < -0.39 is 5.60 Å². The minimum Gasteiger partial charge on any atom is -0.448 e. The fraction of sp³-hybridized carbons (Fsp3) is 0.417. The molecule has 2 atom stereocenters. The zero-order valence-corrected chi connectivity index (χ0v) is 16.9. The number of benzene rings is 2. The predicted molar refractivity (Wildman–Crippen MR) is 111 cm³/mol. The molecular formula is C24H26N2O3. The topological polar surface area (TPSA) is 51.1 Å². The molecule has 0 aromatic heterocycles. The van der Waals surface area contributed by atoms with Crippen molar-refractivity contribution in [3.05, 3.63) is 71.3 Å². The number of carbonyl (C=O) groups is 1. The number of ether oxygens (including phenoxy) is 2. The summed E-state index contributed by atoms with van der Waals surface area (Å²) >= 11 is 0. The Kier molecular flexibility index (Phi) is 4.24. The molecule has 0 saturated carbocycles. The van der Waals surface area contributed by atoms with Gasteiger partial charge in [0.05, 0.1) is 12.2 Å². The van der Waals surface area contributed by atoms with E-state index in [0.29, 0.717) is 12.6 Å². The van der Waals surface area contributed by atoms with Gasteiger partial charge in [-0.25, -0.2) is 0 Å². The number of nitrogens with zero attached hydrogens (tertiary/aromatic N) is 2. The van der Waals surface area contributed by atoms with Crippen LogP contribution >= 0.6 is 0 Å². The molecule has 2 aromatic carbocycles. The van der Waals surface area contributed by atoms with Crippen molar-refractivity contribution in [2.45, 2.75) is 50.4 Å². The smallest absolute Gasteiger partial charge is 0.296 e. The summed E-state index contributed by atoms with van der Waals surface area (Å²) in [5.74, 6) is -0.287. The highest BCUT2D eigenvalue weighted by atomic mass is 16.5. The summed E-state index contributed by atoms with van der Waals surface area (Å²) in [6.45, 7) is 6.08. The summed E-state index contributed by atoms with van der Waals surface area (Å²) < 4.78 is 12.5. The lowest BCUT2D eigenvalue weighted by atomic mass is 9.84. The lowest BCUT2D eigenvalue weighted by Gasteiger charge is -2.40. The Hall–Kier alpha value is -2.66. The van der Waals surface area contributed by atoms with Crippen LogP contribution in [0.1, 0.15) is 49.3 Å². The highest BCUT2D eigenvalue weighted by molar-refractivity contribution is 6.01. The third-order valence-corrected chi connectivity index (χ3v) is 6.90. The van der Waals surface area contributed by atoms with Crippen LogP contribution in [-0.4, -0.2) is 35.5 Å². The number of fused-ring (bicyclic) bond motifs is 2. The SMILES string of the molecule is CC(c1ccccc1)C1(C)OC(N2CCC3(CC2)OCc2ccccc23)=NC1=O. The zero-order chi connectivity index (χ0) is 20.1. The number of carbonyl (C=O) groups excluding carboxylic acids is 1. The van der Waals surface area contributed by atoms with Gasteiger partial charge in [-0.05, 0) is 36.5 Å². The zero-order valence-electron chi connectivity index (χ0n) is 16.9. The molecule has 0 radical (unpaired) electrons. The molecule has 3 aliphatic rings. The van der Waals surface area contributed by atoms with Crippen molar-refractivity contribution in [2.75, 3.05) is 13.1 Å². The summed E-state index contributed by atoms with van der Waals surface area (Å²) in [5.41, 5.74) is 2.50. The van der Waals surface area contributed by atoms with Crippen LogP contribution in [-0.2, 0) is 26.5 Å². The van der Waals surface area contributed by atoms with Crippen LogP contribution in [0.4, 0.5) is 0 Å². The number of amides is 1. The summed E-state index contributed by atoms with van der Waals surface area (Å²) in [6, 6.07) is 19.0. The first-order valence-corrected chi connectivity index (χ1v) is 10.4. The maximum atomic E-state index is 12.8. The summed E-state index contributed by atoms with van der Waals surface area (Å²) in [7, 11) is 0. The Morgan fingerprint density at radius 3 is 2.48 bits per heavy atom. The van der Waals surface area contributed by atoms with E-state index in [0.717, 1.165) is 31.5 Å². The van der Waals surface area contributed by atoms with E-state index in [-0.39, 0.29) is 17.4 Å². The van der Waals surface area contributed by atoms with E-state index in [1.807, 2.05) is 44.2 Å². The van der Waals surface area contributed by atoms with E-state index in [4.69, 9.17) is 9.47 Å². The Bertz CT molecular complexity index is 963. The maximum absolute atomic E-state index is 12.8. The van der Waals surface area contributed by atoms with Crippen LogP contribution in [0.3, 0.4) is 0 Å². The molecule has 5 heteroatoms. The molecule has 3 heterocycles. The molecule has 2 aromatic rings. The summed E-state index contributed by atoms with van der Waals surface area (Å²) in [6.07, 6.45) is 1.73. The van der Waals surface area contributed by atoms with Crippen LogP contribution < -0.4 is 0 Å². The average Bonchev–Trinajstić information content (AvgIpc) is 3.27. The first-order valence-electron chi connectivity index (χ1n) is 10.4. The summed E-state index contributed by atoms with van der Waals surface area (Å²) in [4.78, 5) is 19.2. The van der Waals surface area contributed by atoms with Crippen molar-refractivity contribution >= 4 is 11.9 Å². The molecular weight excluding hydrogens is 364 g/mol. The van der Waals surface area contributed by atoms with Crippen molar-refractivity contribution < 1.29 is 14.3 Å². The first-order chi connectivity index (χ1) is 14.0. The highest BCUT2D eigenvalue weighted by Gasteiger charge is 2.50. The molecule has 0 aliphatic carbocycles. The first kappa shape index (κ1) is 18.4. The molecule has 5 rings (SSSR count). The van der Waals surface area contributed by atoms with Crippen LogP contribution in [0.25, 0.3) is 0 Å². The molecule has 2 unspecified atom stereocenters. The van der Waals surface area contributed by atoms with Gasteiger partial charge in [-0.1, -0.05) is 61.5 Å². The van der Waals surface area contributed by atoms with Gasteiger partial charge in [-0.3, -0.25) is 4.79 Å². The Morgan fingerprint density at radius 1 is 1.03 bits per heavy atom. The number of piperidine rings is 1. The van der Waals surface area contributed by atoms with E-state index in [2.05, 4.69) is 34.2 Å². The fourth-order valence-electron chi connectivity index (χ4n) is 4.78. The molecule has 3 aliphatic heterocycles. The molecule has 0 bridgehead atoms. The standard InChI is InChI=1S/C24H26N2O3/c1-17(18-8-4-3-5-9-18)23(2)21(27)25-22(29-23)26-14-12-24(13-15-26)20-11-7-6-10-19(20)16-28-24/h3-11,17H,12-16H2,1-2H3. The van der Waals surface area contributed by atoms with Crippen molar-refractivity contribution in [2.24, 2.45) is 4.99 Å². The van der Waals surface area contributed by atoms with Crippen molar-refractivity contribution in [1.29, 1.82) is 0 Å². The van der Waals surface area contributed by atoms with E-state index in [1.54, 1.807) is 0 Å². The van der Waals surface area contributed by atoms with Gasteiger partial charge >= 0.3 is 0 Å². The largest absolute Gasteiger partial charge is 0.448 e. The second-order valence-corrected chi connectivity index (χ2v) is 8.47. The third-order valence-electron chi connectivity index (χ3n) is 6.90. The van der Waals surface area contributed by atoms with E-state index >= 15 is 0 Å². The summed E-state index contributed by atoms with van der Waals surface area (Å²) in [5, 5.41) is 0. The Morgan fingerprint density at radius 2 is 1.72 bits per heavy atom.